The summed E-state index contributed by atoms with van der Waals surface area (Å²) in [5, 5.41) is 0. The summed E-state index contributed by atoms with van der Waals surface area (Å²) in [6, 6.07) is 6.03. The van der Waals surface area contributed by atoms with Crippen LogP contribution in [0, 0.1) is 9.39 Å². The number of carbonyl (C=O) groups excluding carboxylic acids is 1. The molecule has 1 saturated heterocycles. The van der Waals surface area contributed by atoms with Crippen molar-refractivity contribution in [2.45, 2.75) is 18.4 Å². The number of hydrogen-bond donors (Lipinski definition) is 1. The Labute approximate surface area is 181 Å². The van der Waals surface area contributed by atoms with Crippen molar-refractivity contribution >= 4 is 34.2 Å². The quantitative estimate of drug-likeness (QED) is 0.572. The normalized spacial score (nSPS) is 17.6. The minimum Gasteiger partial charge on any atom is -0.497 e. The van der Waals surface area contributed by atoms with Crippen molar-refractivity contribution in [3.05, 3.63) is 55.8 Å². The second-order valence-corrected chi connectivity index (χ2v) is 8.02. The Balaban J connectivity index is 1.93. The van der Waals surface area contributed by atoms with Crippen LogP contribution >= 0.6 is 22.6 Å². The summed E-state index contributed by atoms with van der Waals surface area (Å²) in [4.78, 5) is 27.1. The predicted octanol–water partition coefficient (Wildman–Crippen LogP) is 2.27. The summed E-state index contributed by atoms with van der Waals surface area (Å²) in [5.41, 5.74) is 6.18. The molecule has 1 aliphatic rings. The summed E-state index contributed by atoms with van der Waals surface area (Å²) in [6.07, 6.45) is 1.76. The molecule has 0 bridgehead atoms. The van der Waals surface area contributed by atoms with Crippen LogP contribution < -0.4 is 20.9 Å². The number of aromatic nitrogens is 1. The van der Waals surface area contributed by atoms with Gasteiger partial charge in [0.2, 0.25) is 5.91 Å². The lowest BCUT2D eigenvalue weighted by atomic mass is 9.97. The highest BCUT2D eigenvalue weighted by atomic mass is 127. The standard InChI is InChI=1S/C20H23FIN3O4/c1-28-11-13(9-23)24-5-3-4-17(20(24)27)25-10-12(6-18(25)26)19-15(21)7-14(29-2)8-16(19)22/h3-5,7-8,12-13H,6,9-11,23H2,1-2H3/t12-,13?/m0/s1. The maximum atomic E-state index is 14.7. The van der Waals surface area contributed by atoms with Crippen molar-refractivity contribution in [2.24, 2.45) is 5.73 Å². The molecule has 1 fully saturated rings. The van der Waals surface area contributed by atoms with E-state index in [1.807, 2.05) is 22.6 Å². The van der Waals surface area contributed by atoms with Crippen LogP contribution in [-0.4, -0.2) is 44.4 Å². The van der Waals surface area contributed by atoms with Crippen LogP contribution in [0.1, 0.15) is 23.9 Å². The Bertz CT molecular complexity index is 942. The van der Waals surface area contributed by atoms with Crippen molar-refractivity contribution in [3.8, 4) is 5.75 Å². The largest absolute Gasteiger partial charge is 0.497 e. The lowest BCUT2D eigenvalue weighted by Gasteiger charge is -2.21. The van der Waals surface area contributed by atoms with Crippen LogP contribution in [0.3, 0.4) is 0 Å². The number of nitrogens with zero attached hydrogens (tertiary/aromatic N) is 2. The Hall–Kier alpha value is -1.98. The van der Waals surface area contributed by atoms with Crippen LogP contribution in [0.5, 0.6) is 5.75 Å². The minimum absolute atomic E-state index is 0.131. The number of nitrogens with two attached hydrogens (primary N) is 1. The number of anilines is 1. The topological polar surface area (TPSA) is 86.8 Å². The highest BCUT2D eigenvalue weighted by Crippen LogP contribution is 2.36. The van der Waals surface area contributed by atoms with Crippen LogP contribution in [0.4, 0.5) is 10.1 Å². The molecule has 156 valence electrons. The maximum Gasteiger partial charge on any atom is 0.274 e. The van der Waals surface area contributed by atoms with Gasteiger partial charge in [-0.15, -0.1) is 0 Å². The summed E-state index contributed by atoms with van der Waals surface area (Å²) in [5.74, 6) is -0.555. The fourth-order valence-electron chi connectivity index (χ4n) is 3.65. The molecule has 7 nitrogen and oxygen atoms in total. The van der Waals surface area contributed by atoms with Crippen molar-refractivity contribution in [1.82, 2.24) is 4.57 Å². The minimum atomic E-state index is -0.415. The van der Waals surface area contributed by atoms with Crippen LogP contribution in [0.25, 0.3) is 0 Å². The molecule has 29 heavy (non-hydrogen) atoms. The zero-order valence-corrected chi connectivity index (χ0v) is 18.4. The first-order valence-electron chi connectivity index (χ1n) is 9.14. The van der Waals surface area contributed by atoms with E-state index >= 15 is 0 Å². The number of hydrogen-bond acceptors (Lipinski definition) is 5. The molecule has 0 spiro atoms. The smallest absolute Gasteiger partial charge is 0.274 e. The second-order valence-electron chi connectivity index (χ2n) is 6.86. The van der Waals surface area contributed by atoms with Crippen LogP contribution in [0.2, 0.25) is 0 Å². The fraction of sp³-hybridized carbons (Fsp3) is 0.400. The third-order valence-corrected chi connectivity index (χ3v) is 5.98. The third kappa shape index (κ3) is 4.31. The molecule has 1 aromatic carbocycles. The van der Waals surface area contributed by atoms with E-state index in [0.29, 0.717) is 14.9 Å². The van der Waals surface area contributed by atoms with Crippen molar-refractivity contribution in [2.75, 3.05) is 38.8 Å². The molecule has 1 aromatic heterocycles. The number of benzene rings is 1. The molecular formula is C20H23FIN3O4. The van der Waals surface area contributed by atoms with Gasteiger partial charge in [0.1, 0.15) is 17.3 Å². The molecule has 9 heteroatoms. The summed E-state index contributed by atoms with van der Waals surface area (Å²) in [7, 11) is 3.02. The summed E-state index contributed by atoms with van der Waals surface area (Å²) >= 11 is 2.04. The zero-order chi connectivity index (χ0) is 21.1. The van der Waals surface area contributed by atoms with E-state index in [1.54, 1.807) is 24.4 Å². The van der Waals surface area contributed by atoms with E-state index in [0.717, 1.165) is 0 Å². The molecule has 3 rings (SSSR count). The number of carbonyl (C=O) groups is 1. The van der Waals surface area contributed by atoms with Crippen LogP contribution in [-0.2, 0) is 9.53 Å². The Morgan fingerprint density at radius 1 is 1.34 bits per heavy atom. The summed E-state index contributed by atoms with van der Waals surface area (Å²) < 4.78 is 27.1. The van der Waals surface area contributed by atoms with Crippen LogP contribution in [0.15, 0.2) is 35.3 Å². The Morgan fingerprint density at radius 3 is 2.72 bits per heavy atom. The van der Waals surface area contributed by atoms with Gasteiger partial charge in [-0.05, 0) is 40.8 Å². The number of methoxy groups -OCH3 is 2. The van der Waals surface area contributed by atoms with Gasteiger partial charge in [0.25, 0.3) is 5.56 Å². The van der Waals surface area contributed by atoms with E-state index in [1.165, 1.54) is 29.8 Å². The van der Waals surface area contributed by atoms with E-state index in [9.17, 15) is 14.0 Å². The van der Waals surface area contributed by atoms with Crippen molar-refractivity contribution < 1.29 is 18.7 Å². The van der Waals surface area contributed by atoms with Gasteiger partial charge in [0.15, 0.2) is 0 Å². The summed E-state index contributed by atoms with van der Waals surface area (Å²) in [6.45, 7) is 0.740. The monoisotopic (exact) mass is 515 g/mol. The molecule has 1 amide bonds. The third-order valence-electron chi connectivity index (χ3n) is 5.09. The Morgan fingerprint density at radius 2 is 2.10 bits per heavy atom. The highest BCUT2D eigenvalue weighted by molar-refractivity contribution is 14.1. The maximum absolute atomic E-state index is 14.7. The molecule has 1 aliphatic heterocycles. The first-order chi connectivity index (χ1) is 13.9. The Kier molecular flexibility index (Phi) is 6.91. The van der Waals surface area contributed by atoms with E-state index in [-0.39, 0.29) is 55.2 Å². The molecule has 1 unspecified atom stereocenters. The number of pyridine rings is 1. The predicted molar refractivity (Wildman–Crippen MR) is 116 cm³/mol. The fourth-order valence-corrected chi connectivity index (χ4v) is 4.65. The first-order valence-corrected chi connectivity index (χ1v) is 10.2. The number of amides is 1. The SMILES string of the molecule is COCC(CN)n1cccc(N2C[C@@H](c3c(F)cc(OC)cc3I)CC2=O)c1=O. The lowest BCUT2D eigenvalue weighted by Crippen LogP contribution is -2.37. The molecule has 2 heterocycles. The van der Waals surface area contributed by atoms with Gasteiger partial charge in [-0.2, -0.15) is 0 Å². The molecule has 0 saturated carbocycles. The molecule has 2 aromatic rings. The van der Waals surface area contributed by atoms with E-state index in [4.69, 9.17) is 15.2 Å². The number of ether oxygens (including phenoxy) is 2. The van der Waals surface area contributed by atoms with Gasteiger partial charge in [-0.3, -0.25) is 9.59 Å². The van der Waals surface area contributed by atoms with Gasteiger partial charge in [-0.1, -0.05) is 0 Å². The van der Waals surface area contributed by atoms with Crippen molar-refractivity contribution in [3.63, 3.8) is 0 Å². The zero-order valence-electron chi connectivity index (χ0n) is 16.2. The molecule has 2 N–H and O–H groups in total. The molecular weight excluding hydrogens is 492 g/mol. The van der Waals surface area contributed by atoms with Gasteiger partial charge in [0.05, 0.1) is 19.8 Å². The highest BCUT2D eigenvalue weighted by Gasteiger charge is 2.36. The van der Waals surface area contributed by atoms with Gasteiger partial charge in [0, 0.05) is 53.9 Å². The first kappa shape index (κ1) is 21.7. The average Bonchev–Trinajstić information content (AvgIpc) is 3.06. The van der Waals surface area contributed by atoms with E-state index in [2.05, 4.69) is 0 Å². The number of halogens is 2. The molecule has 2 atom stereocenters. The molecule has 0 radical (unpaired) electrons. The molecule has 0 aliphatic carbocycles. The van der Waals surface area contributed by atoms with Gasteiger partial charge in [-0.25, -0.2) is 4.39 Å². The van der Waals surface area contributed by atoms with Gasteiger partial charge < -0.3 is 24.7 Å². The number of rotatable bonds is 7. The average molecular weight is 515 g/mol. The van der Waals surface area contributed by atoms with E-state index < -0.39 is 5.82 Å². The van der Waals surface area contributed by atoms with Gasteiger partial charge >= 0.3 is 0 Å². The van der Waals surface area contributed by atoms with Crippen molar-refractivity contribution in [1.29, 1.82) is 0 Å². The lowest BCUT2D eigenvalue weighted by molar-refractivity contribution is -0.117. The second kappa shape index (κ2) is 9.23.